The molecule has 1 fully saturated rings. The number of amides is 1. The minimum atomic E-state index is -3.65. The zero-order chi connectivity index (χ0) is 22.7. The average Bonchev–Trinajstić information content (AvgIpc) is 3.15. The van der Waals surface area contributed by atoms with Crippen LogP contribution < -0.4 is 4.18 Å². The van der Waals surface area contributed by atoms with E-state index in [-0.39, 0.29) is 23.4 Å². The van der Waals surface area contributed by atoms with E-state index in [1.54, 1.807) is 41.7 Å². The number of hydrogen-bond acceptors (Lipinski definition) is 5. The van der Waals surface area contributed by atoms with Gasteiger partial charge < -0.3 is 13.7 Å². The molecule has 1 aromatic heterocycles. The van der Waals surface area contributed by atoms with Crippen molar-refractivity contribution in [3.8, 4) is 5.75 Å². The highest BCUT2D eigenvalue weighted by Gasteiger charge is 2.30. The van der Waals surface area contributed by atoms with Gasteiger partial charge in [0.2, 0.25) is 5.91 Å². The Hall–Kier alpha value is -3.20. The Kier molecular flexibility index (Phi) is 6.27. The third-order valence-corrected chi connectivity index (χ3v) is 5.93. The van der Waals surface area contributed by atoms with Crippen LogP contribution in [0.3, 0.4) is 0 Å². The zero-order valence-electron chi connectivity index (χ0n) is 17.6. The minimum Gasteiger partial charge on any atom is -0.383 e. The van der Waals surface area contributed by atoms with E-state index in [1.807, 2.05) is 16.7 Å². The van der Waals surface area contributed by atoms with Crippen LogP contribution in [0.25, 0.3) is 0 Å². The molecule has 2 heterocycles. The first-order valence-electron chi connectivity index (χ1n) is 10.3. The van der Waals surface area contributed by atoms with Crippen LogP contribution in [0, 0.1) is 5.82 Å². The lowest BCUT2D eigenvalue weighted by Gasteiger charge is -2.32. The Balaban J connectivity index is 1.49. The fourth-order valence-electron chi connectivity index (χ4n) is 4.01. The molecule has 3 aromatic rings. The summed E-state index contributed by atoms with van der Waals surface area (Å²) >= 11 is 0. The van der Waals surface area contributed by atoms with E-state index in [0.29, 0.717) is 26.1 Å². The lowest BCUT2D eigenvalue weighted by atomic mass is 9.89. The highest BCUT2D eigenvalue weighted by molar-refractivity contribution is 7.86. The molecule has 2 aromatic carbocycles. The van der Waals surface area contributed by atoms with E-state index in [1.165, 1.54) is 12.1 Å². The number of benzene rings is 2. The number of rotatable bonds is 7. The van der Waals surface area contributed by atoms with Crippen LogP contribution in [0.4, 0.5) is 4.39 Å². The van der Waals surface area contributed by atoms with Gasteiger partial charge in [0.15, 0.2) is 0 Å². The van der Waals surface area contributed by atoms with Crippen molar-refractivity contribution in [2.24, 2.45) is 0 Å². The first kappa shape index (κ1) is 22.0. The predicted molar refractivity (Wildman–Crippen MR) is 117 cm³/mol. The Labute approximate surface area is 186 Å². The van der Waals surface area contributed by atoms with Crippen LogP contribution in [0.15, 0.2) is 61.1 Å². The van der Waals surface area contributed by atoms with Crippen LogP contribution in [0.1, 0.15) is 35.6 Å². The SMILES string of the molecule is CS(=O)(=O)Oc1cccc(C2CCCN(Cc3cncn3Cc3cccc(F)c3)C2=O)c1. The van der Waals surface area contributed by atoms with Gasteiger partial charge in [-0.25, -0.2) is 9.37 Å². The molecule has 1 unspecified atom stereocenters. The third kappa shape index (κ3) is 5.34. The summed E-state index contributed by atoms with van der Waals surface area (Å²) in [5.41, 5.74) is 2.40. The van der Waals surface area contributed by atoms with Crippen molar-refractivity contribution < 1.29 is 21.8 Å². The number of carbonyl (C=O) groups is 1. The maximum atomic E-state index is 13.5. The van der Waals surface area contributed by atoms with Gasteiger partial charge in [-0.05, 0) is 48.2 Å². The molecule has 1 aliphatic rings. The molecule has 168 valence electrons. The predicted octanol–water partition coefficient (Wildman–Crippen LogP) is 3.32. The number of imidazole rings is 1. The lowest BCUT2D eigenvalue weighted by Crippen LogP contribution is -2.40. The molecule has 7 nitrogen and oxygen atoms in total. The van der Waals surface area contributed by atoms with Crippen molar-refractivity contribution in [1.29, 1.82) is 0 Å². The number of likely N-dealkylation sites (tertiary alicyclic amines) is 1. The van der Waals surface area contributed by atoms with E-state index < -0.39 is 10.1 Å². The van der Waals surface area contributed by atoms with Crippen LogP contribution in [-0.4, -0.2) is 41.6 Å². The lowest BCUT2D eigenvalue weighted by molar-refractivity contribution is -0.136. The fourth-order valence-corrected chi connectivity index (χ4v) is 4.47. The summed E-state index contributed by atoms with van der Waals surface area (Å²) in [5.74, 6) is -0.485. The summed E-state index contributed by atoms with van der Waals surface area (Å²) in [7, 11) is -3.65. The van der Waals surface area contributed by atoms with Crippen LogP contribution in [0.5, 0.6) is 5.75 Å². The monoisotopic (exact) mass is 457 g/mol. The molecule has 0 saturated carbocycles. The Morgan fingerprint density at radius 1 is 1.16 bits per heavy atom. The fraction of sp³-hybridized carbons (Fsp3) is 0.304. The van der Waals surface area contributed by atoms with Gasteiger partial charge in [0.1, 0.15) is 11.6 Å². The molecular weight excluding hydrogens is 433 g/mol. The molecule has 9 heteroatoms. The number of carbonyl (C=O) groups excluding carboxylic acids is 1. The van der Waals surface area contributed by atoms with Gasteiger partial charge in [0.05, 0.1) is 30.7 Å². The van der Waals surface area contributed by atoms with Crippen molar-refractivity contribution in [2.75, 3.05) is 12.8 Å². The normalized spacial score (nSPS) is 16.9. The second-order valence-corrected chi connectivity index (χ2v) is 9.53. The van der Waals surface area contributed by atoms with E-state index >= 15 is 0 Å². The summed E-state index contributed by atoms with van der Waals surface area (Å²) in [5, 5.41) is 0. The summed E-state index contributed by atoms with van der Waals surface area (Å²) < 4.78 is 43.3. The Bertz CT molecular complexity index is 1230. The summed E-state index contributed by atoms with van der Waals surface area (Å²) in [6.07, 6.45) is 5.89. The van der Waals surface area contributed by atoms with Gasteiger partial charge in [-0.2, -0.15) is 8.42 Å². The molecule has 1 amide bonds. The highest BCUT2D eigenvalue weighted by atomic mass is 32.2. The third-order valence-electron chi connectivity index (χ3n) is 5.43. The van der Waals surface area contributed by atoms with Crippen molar-refractivity contribution in [1.82, 2.24) is 14.5 Å². The van der Waals surface area contributed by atoms with Gasteiger partial charge in [-0.1, -0.05) is 24.3 Å². The zero-order valence-corrected chi connectivity index (χ0v) is 18.5. The minimum absolute atomic E-state index is 0.0220. The first-order chi connectivity index (χ1) is 15.3. The Morgan fingerprint density at radius 2 is 1.97 bits per heavy atom. The van der Waals surface area contributed by atoms with Gasteiger partial charge in [-0.15, -0.1) is 0 Å². The number of hydrogen-bond donors (Lipinski definition) is 0. The number of halogens is 1. The second kappa shape index (κ2) is 9.12. The maximum absolute atomic E-state index is 13.5. The van der Waals surface area contributed by atoms with Gasteiger partial charge in [0, 0.05) is 19.3 Å². The molecule has 0 N–H and O–H groups in total. The first-order valence-corrected chi connectivity index (χ1v) is 12.1. The number of nitrogens with zero attached hydrogens (tertiary/aromatic N) is 3. The second-order valence-electron chi connectivity index (χ2n) is 7.96. The van der Waals surface area contributed by atoms with Crippen molar-refractivity contribution in [2.45, 2.75) is 31.8 Å². The van der Waals surface area contributed by atoms with Crippen molar-refractivity contribution >= 4 is 16.0 Å². The average molecular weight is 458 g/mol. The van der Waals surface area contributed by atoms with Gasteiger partial charge in [0.25, 0.3) is 0 Å². The van der Waals surface area contributed by atoms with Crippen LogP contribution >= 0.6 is 0 Å². The van der Waals surface area contributed by atoms with E-state index in [2.05, 4.69) is 4.98 Å². The van der Waals surface area contributed by atoms with Crippen molar-refractivity contribution in [3.05, 3.63) is 83.7 Å². The number of aromatic nitrogens is 2. The van der Waals surface area contributed by atoms with E-state index in [0.717, 1.165) is 29.5 Å². The number of piperidine rings is 1. The largest absolute Gasteiger partial charge is 0.383 e. The quantitative estimate of drug-likeness (QED) is 0.509. The van der Waals surface area contributed by atoms with Crippen LogP contribution in [-0.2, 0) is 28.0 Å². The maximum Gasteiger partial charge on any atom is 0.306 e. The molecule has 1 saturated heterocycles. The van der Waals surface area contributed by atoms with Crippen LogP contribution in [0.2, 0.25) is 0 Å². The molecule has 1 atom stereocenters. The molecule has 0 aliphatic carbocycles. The molecule has 32 heavy (non-hydrogen) atoms. The smallest absolute Gasteiger partial charge is 0.306 e. The molecule has 0 radical (unpaired) electrons. The molecule has 0 spiro atoms. The van der Waals surface area contributed by atoms with Gasteiger partial charge >= 0.3 is 10.1 Å². The Morgan fingerprint density at radius 3 is 2.75 bits per heavy atom. The summed E-state index contributed by atoms with van der Waals surface area (Å²) in [6, 6.07) is 13.1. The summed E-state index contributed by atoms with van der Waals surface area (Å²) in [6.45, 7) is 1.48. The van der Waals surface area contributed by atoms with E-state index in [9.17, 15) is 17.6 Å². The molecule has 4 rings (SSSR count). The molecule has 1 aliphatic heterocycles. The summed E-state index contributed by atoms with van der Waals surface area (Å²) in [4.78, 5) is 19.3. The van der Waals surface area contributed by atoms with E-state index in [4.69, 9.17) is 4.18 Å². The van der Waals surface area contributed by atoms with Gasteiger partial charge in [-0.3, -0.25) is 4.79 Å². The molecular formula is C23H24FN3O4S. The molecule has 0 bridgehead atoms. The van der Waals surface area contributed by atoms with Crippen molar-refractivity contribution in [3.63, 3.8) is 0 Å². The topological polar surface area (TPSA) is 81.5 Å². The highest BCUT2D eigenvalue weighted by Crippen LogP contribution is 2.31. The standard InChI is InChI=1S/C23H24FN3O4S/c1-32(29,30)31-21-8-3-6-18(12-21)22-9-4-10-26(23(22)28)15-20-13-25-16-27(20)14-17-5-2-7-19(24)11-17/h2-3,5-8,11-13,16,22H,4,9-10,14-15H2,1H3.